The van der Waals surface area contributed by atoms with Gasteiger partial charge in [-0.3, -0.25) is 4.79 Å². The van der Waals surface area contributed by atoms with Crippen LogP contribution in [0.15, 0.2) is 24.3 Å². The lowest BCUT2D eigenvalue weighted by Crippen LogP contribution is -2.43. The van der Waals surface area contributed by atoms with Crippen LogP contribution in [0.4, 0.5) is 0 Å². The quantitative estimate of drug-likeness (QED) is 0.661. The predicted octanol–water partition coefficient (Wildman–Crippen LogP) is 0.326. The number of carbonyl (C=O) groups excluding carboxylic acids is 1. The molecule has 104 valence electrons. The van der Waals surface area contributed by atoms with Crippen molar-refractivity contribution in [1.82, 2.24) is 5.32 Å². The topological polar surface area (TPSA) is 95.9 Å². The third-order valence-corrected chi connectivity index (χ3v) is 2.41. The van der Waals surface area contributed by atoms with Crippen LogP contribution in [0.25, 0.3) is 0 Å². The number of amides is 1. The molecule has 0 aromatic heterocycles. The summed E-state index contributed by atoms with van der Waals surface area (Å²) >= 11 is 0. The molecule has 0 unspecified atom stereocenters. The SMILES string of the molecule is Cc1cccc(OCC(=O)N[C@@H](CCO)C(=O)O)c1. The van der Waals surface area contributed by atoms with Gasteiger partial charge in [0.15, 0.2) is 6.61 Å². The van der Waals surface area contributed by atoms with Crippen molar-refractivity contribution in [3.63, 3.8) is 0 Å². The maximum atomic E-state index is 11.5. The first-order chi connectivity index (χ1) is 9.02. The van der Waals surface area contributed by atoms with E-state index < -0.39 is 17.9 Å². The van der Waals surface area contributed by atoms with E-state index in [4.69, 9.17) is 14.9 Å². The van der Waals surface area contributed by atoms with Gasteiger partial charge < -0.3 is 20.3 Å². The van der Waals surface area contributed by atoms with Gasteiger partial charge in [0, 0.05) is 13.0 Å². The monoisotopic (exact) mass is 267 g/mol. The average molecular weight is 267 g/mol. The lowest BCUT2D eigenvalue weighted by atomic mass is 10.2. The molecule has 1 aromatic carbocycles. The fourth-order valence-corrected chi connectivity index (χ4v) is 1.48. The van der Waals surface area contributed by atoms with Gasteiger partial charge in [-0.15, -0.1) is 0 Å². The van der Waals surface area contributed by atoms with Crippen molar-refractivity contribution in [3.8, 4) is 5.75 Å². The van der Waals surface area contributed by atoms with Crippen LogP contribution in [0, 0.1) is 6.92 Å². The highest BCUT2D eigenvalue weighted by Gasteiger charge is 2.19. The Balaban J connectivity index is 2.44. The minimum absolute atomic E-state index is 0.0362. The van der Waals surface area contributed by atoms with Gasteiger partial charge in [-0.05, 0) is 24.6 Å². The van der Waals surface area contributed by atoms with E-state index in [-0.39, 0.29) is 19.6 Å². The maximum absolute atomic E-state index is 11.5. The lowest BCUT2D eigenvalue weighted by Gasteiger charge is -2.13. The Kier molecular flexibility index (Phi) is 5.81. The minimum atomic E-state index is -1.18. The largest absolute Gasteiger partial charge is 0.484 e. The number of carboxylic acids is 1. The molecule has 0 saturated heterocycles. The number of aliphatic hydroxyl groups excluding tert-OH is 1. The van der Waals surface area contributed by atoms with E-state index in [1.54, 1.807) is 18.2 Å². The van der Waals surface area contributed by atoms with Gasteiger partial charge in [-0.25, -0.2) is 4.79 Å². The Labute approximate surface area is 111 Å². The molecule has 0 bridgehead atoms. The summed E-state index contributed by atoms with van der Waals surface area (Å²) in [5.41, 5.74) is 1.00. The molecule has 19 heavy (non-hydrogen) atoms. The highest BCUT2D eigenvalue weighted by atomic mass is 16.5. The first-order valence-electron chi connectivity index (χ1n) is 5.85. The highest BCUT2D eigenvalue weighted by Crippen LogP contribution is 2.11. The van der Waals surface area contributed by atoms with Gasteiger partial charge in [-0.1, -0.05) is 12.1 Å². The number of aliphatic carboxylic acids is 1. The van der Waals surface area contributed by atoms with Crippen LogP contribution in [0.5, 0.6) is 5.75 Å². The van der Waals surface area contributed by atoms with Crippen molar-refractivity contribution in [2.45, 2.75) is 19.4 Å². The number of nitrogens with one attached hydrogen (secondary N) is 1. The van der Waals surface area contributed by atoms with Crippen LogP contribution in [0.1, 0.15) is 12.0 Å². The summed E-state index contributed by atoms with van der Waals surface area (Å²) in [6.07, 6.45) is -0.0362. The van der Waals surface area contributed by atoms with E-state index in [2.05, 4.69) is 5.32 Å². The third-order valence-electron chi connectivity index (χ3n) is 2.41. The second kappa shape index (κ2) is 7.38. The standard InChI is InChI=1S/C13H17NO5/c1-9-3-2-4-10(7-9)19-8-12(16)14-11(5-6-15)13(17)18/h2-4,7,11,15H,5-6,8H2,1H3,(H,14,16)(H,17,18)/t11-/m0/s1. The molecule has 3 N–H and O–H groups in total. The fraction of sp³-hybridized carbons (Fsp3) is 0.385. The second-order valence-corrected chi connectivity index (χ2v) is 4.08. The molecule has 0 heterocycles. The highest BCUT2D eigenvalue weighted by molar-refractivity contribution is 5.84. The number of hydrogen-bond acceptors (Lipinski definition) is 4. The van der Waals surface area contributed by atoms with Crippen molar-refractivity contribution in [1.29, 1.82) is 0 Å². The van der Waals surface area contributed by atoms with Crippen LogP contribution < -0.4 is 10.1 Å². The Morgan fingerprint density at radius 1 is 1.42 bits per heavy atom. The number of ether oxygens (including phenoxy) is 1. The molecule has 1 atom stereocenters. The minimum Gasteiger partial charge on any atom is -0.484 e. The van der Waals surface area contributed by atoms with Gasteiger partial charge in [0.25, 0.3) is 5.91 Å². The van der Waals surface area contributed by atoms with E-state index in [0.717, 1.165) is 5.56 Å². The molecule has 1 aromatic rings. The lowest BCUT2D eigenvalue weighted by molar-refractivity contribution is -0.142. The van der Waals surface area contributed by atoms with Gasteiger partial charge in [0.1, 0.15) is 11.8 Å². The Bertz CT molecular complexity index is 446. The number of aryl methyl sites for hydroxylation is 1. The molecule has 0 spiro atoms. The summed E-state index contributed by atoms with van der Waals surface area (Å²) in [5.74, 6) is -1.18. The summed E-state index contributed by atoms with van der Waals surface area (Å²) in [5, 5.41) is 19.8. The zero-order valence-corrected chi connectivity index (χ0v) is 10.6. The molecule has 0 aliphatic carbocycles. The fourth-order valence-electron chi connectivity index (χ4n) is 1.48. The van der Waals surface area contributed by atoms with E-state index in [1.807, 2.05) is 13.0 Å². The molecule has 1 rings (SSSR count). The molecular formula is C13H17NO5. The van der Waals surface area contributed by atoms with Gasteiger partial charge >= 0.3 is 5.97 Å². The number of rotatable bonds is 7. The molecule has 0 aliphatic heterocycles. The van der Waals surface area contributed by atoms with E-state index in [0.29, 0.717) is 5.75 Å². The predicted molar refractivity (Wildman–Crippen MR) is 67.9 cm³/mol. The summed E-state index contributed by atoms with van der Waals surface area (Å²) in [6, 6.07) is 6.08. The van der Waals surface area contributed by atoms with Crippen molar-refractivity contribution in [2.75, 3.05) is 13.2 Å². The summed E-state index contributed by atoms with van der Waals surface area (Å²) in [6.45, 7) is 1.32. The van der Waals surface area contributed by atoms with Crippen molar-refractivity contribution < 1.29 is 24.5 Å². The van der Waals surface area contributed by atoms with Crippen LogP contribution in [0.3, 0.4) is 0 Å². The zero-order valence-electron chi connectivity index (χ0n) is 10.6. The normalized spacial score (nSPS) is 11.7. The molecule has 0 radical (unpaired) electrons. The number of carboxylic acid groups (broad SMARTS) is 1. The van der Waals surface area contributed by atoms with Crippen LogP contribution >= 0.6 is 0 Å². The molecule has 6 nitrogen and oxygen atoms in total. The molecule has 0 fully saturated rings. The van der Waals surface area contributed by atoms with E-state index >= 15 is 0 Å². The second-order valence-electron chi connectivity index (χ2n) is 4.08. The first-order valence-corrected chi connectivity index (χ1v) is 5.85. The molecule has 0 aliphatic rings. The Hall–Kier alpha value is -2.08. The molecule has 0 saturated carbocycles. The molecule has 6 heteroatoms. The Morgan fingerprint density at radius 2 is 2.16 bits per heavy atom. The number of hydrogen-bond donors (Lipinski definition) is 3. The Morgan fingerprint density at radius 3 is 2.74 bits per heavy atom. The zero-order chi connectivity index (χ0) is 14.3. The van der Waals surface area contributed by atoms with Crippen molar-refractivity contribution in [2.24, 2.45) is 0 Å². The van der Waals surface area contributed by atoms with Crippen LogP contribution in [-0.4, -0.2) is 41.3 Å². The molecule has 1 amide bonds. The first kappa shape index (κ1) is 15.0. The summed E-state index contributed by atoms with van der Waals surface area (Å²) in [4.78, 5) is 22.3. The van der Waals surface area contributed by atoms with Crippen LogP contribution in [-0.2, 0) is 9.59 Å². The summed E-state index contributed by atoms with van der Waals surface area (Å²) in [7, 11) is 0. The van der Waals surface area contributed by atoms with Gasteiger partial charge in [0.2, 0.25) is 0 Å². The van der Waals surface area contributed by atoms with Gasteiger partial charge in [-0.2, -0.15) is 0 Å². The van der Waals surface area contributed by atoms with Crippen LogP contribution in [0.2, 0.25) is 0 Å². The number of carbonyl (C=O) groups is 2. The summed E-state index contributed by atoms with van der Waals surface area (Å²) < 4.78 is 5.24. The third kappa shape index (κ3) is 5.39. The van der Waals surface area contributed by atoms with Crippen molar-refractivity contribution in [3.05, 3.63) is 29.8 Å². The molecular weight excluding hydrogens is 250 g/mol. The van der Waals surface area contributed by atoms with Gasteiger partial charge in [0.05, 0.1) is 0 Å². The maximum Gasteiger partial charge on any atom is 0.326 e. The number of benzene rings is 1. The van der Waals surface area contributed by atoms with Crippen molar-refractivity contribution >= 4 is 11.9 Å². The van der Waals surface area contributed by atoms with E-state index in [1.165, 1.54) is 0 Å². The average Bonchev–Trinajstić information content (AvgIpc) is 2.36. The van der Waals surface area contributed by atoms with E-state index in [9.17, 15) is 9.59 Å². The number of aliphatic hydroxyl groups is 1. The smallest absolute Gasteiger partial charge is 0.326 e.